The summed E-state index contributed by atoms with van der Waals surface area (Å²) in [6, 6.07) is 4.91. The molecule has 6 heteroatoms. The number of rotatable bonds is 4. The minimum absolute atomic E-state index is 0.0947. The molecule has 0 bridgehead atoms. The predicted molar refractivity (Wildman–Crippen MR) is 70.7 cm³/mol. The third-order valence-electron chi connectivity index (χ3n) is 2.84. The van der Waals surface area contributed by atoms with Crippen molar-refractivity contribution in [2.75, 3.05) is 25.0 Å². The van der Waals surface area contributed by atoms with E-state index in [9.17, 15) is 10.1 Å². The van der Waals surface area contributed by atoms with E-state index in [2.05, 4.69) is 4.98 Å². The van der Waals surface area contributed by atoms with E-state index >= 15 is 0 Å². The Morgan fingerprint density at radius 1 is 1.39 bits per heavy atom. The van der Waals surface area contributed by atoms with E-state index in [1.54, 1.807) is 24.5 Å². The molecule has 0 unspecified atom stereocenters. The molecule has 94 valence electrons. The van der Waals surface area contributed by atoms with Crippen molar-refractivity contribution < 1.29 is 4.92 Å². The molecule has 18 heavy (non-hydrogen) atoms. The van der Waals surface area contributed by atoms with Crippen LogP contribution in [-0.2, 0) is 0 Å². The number of nitrogens with zero attached hydrogens (tertiary/aromatic N) is 3. The van der Waals surface area contributed by atoms with Crippen LogP contribution in [0.3, 0.4) is 0 Å². The van der Waals surface area contributed by atoms with Crippen molar-refractivity contribution in [2.45, 2.75) is 0 Å². The van der Waals surface area contributed by atoms with E-state index in [1.807, 2.05) is 11.9 Å². The number of hydrogen-bond acceptors (Lipinski definition) is 5. The summed E-state index contributed by atoms with van der Waals surface area (Å²) in [5, 5.41) is 12.3. The number of nitrogens with two attached hydrogens (primary N) is 1. The lowest BCUT2D eigenvalue weighted by Gasteiger charge is -2.20. The second-order valence-electron chi connectivity index (χ2n) is 3.99. The van der Waals surface area contributed by atoms with Crippen molar-refractivity contribution in [1.82, 2.24) is 4.98 Å². The minimum atomic E-state index is -0.380. The fraction of sp³-hybridized carbons (Fsp3) is 0.250. The smallest absolute Gasteiger partial charge is 0.277 e. The summed E-state index contributed by atoms with van der Waals surface area (Å²) < 4.78 is 0. The molecule has 0 amide bonds. The first-order valence-electron chi connectivity index (χ1n) is 5.57. The average Bonchev–Trinajstić information content (AvgIpc) is 2.37. The Morgan fingerprint density at radius 3 is 2.83 bits per heavy atom. The van der Waals surface area contributed by atoms with Crippen LogP contribution in [-0.4, -0.2) is 30.0 Å². The van der Waals surface area contributed by atoms with Crippen LogP contribution in [0.1, 0.15) is 0 Å². The quantitative estimate of drug-likeness (QED) is 0.653. The number of non-ortho nitro benzene ring substituents is 1. The molecule has 1 aromatic carbocycles. The third kappa shape index (κ3) is 2.10. The number of likely N-dealkylation sites (N-methyl/N-ethyl adjacent to an activating group) is 1. The van der Waals surface area contributed by atoms with E-state index < -0.39 is 0 Å². The lowest BCUT2D eigenvalue weighted by atomic mass is 10.1. The van der Waals surface area contributed by atoms with Gasteiger partial charge in [-0.25, -0.2) is 0 Å². The van der Waals surface area contributed by atoms with Gasteiger partial charge < -0.3 is 10.6 Å². The van der Waals surface area contributed by atoms with Crippen LogP contribution in [0.15, 0.2) is 30.6 Å². The van der Waals surface area contributed by atoms with Gasteiger partial charge in [0.25, 0.3) is 5.69 Å². The molecule has 6 nitrogen and oxygen atoms in total. The van der Waals surface area contributed by atoms with Gasteiger partial charge in [-0.1, -0.05) is 0 Å². The number of hydrogen-bond donors (Lipinski definition) is 1. The van der Waals surface area contributed by atoms with E-state index in [-0.39, 0.29) is 10.6 Å². The molecule has 0 spiro atoms. The second kappa shape index (κ2) is 4.97. The highest BCUT2D eigenvalue weighted by Crippen LogP contribution is 2.32. The Bertz CT molecular complexity index is 585. The molecule has 2 rings (SSSR count). The molecular weight excluding hydrogens is 232 g/mol. The molecule has 0 aliphatic heterocycles. The van der Waals surface area contributed by atoms with Crippen LogP contribution in [0.4, 0.5) is 11.4 Å². The number of fused-ring (bicyclic) bond motifs is 1. The summed E-state index contributed by atoms with van der Waals surface area (Å²) in [5.41, 5.74) is 6.52. The number of nitro groups is 1. The first kappa shape index (κ1) is 12.3. The monoisotopic (exact) mass is 246 g/mol. The normalized spacial score (nSPS) is 10.6. The molecular formula is C12H14N4O2. The molecule has 1 aromatic heterocycles. The standard InChI is InChI=1S/C12H14N4O2/c1-15(7-5-13)11-2-3-12(16(17)18)9-4-6-14-8-10(9)11/h2-4,6,8H,5,7,13H2,1H3. The van der Waals surface area contributed by atoms with Crippen LogP contribution in [0.5, 0.6) is 0 Å². The zero-order valence-corrected chi connectivity index (χ0v) is 10.0. The SMILES string of the molecule is CN(CCN)c1ccc([N+](=O)[O-])c2ccncc12. The van der Waals surface area contributed by atoms with Crippen LogP contribution in [0, 0.1) is 10.1 Å². The van der Waals surface area contributed by atoms with Crippen LogP contribution in [0.25, 0.3) is 10.8 Å². The molecule has 0 aliphatic rings. The van der Waals surface area contributed by atoms with Gasteiger partial charge in [0.1, 0.15) is 0 Å². The van der Waals surface area contributed by atoms with Crippen molar-refractivity contribution in [3.8, 4) is 0 Å². The summed E-state index contributed by atoms with van der Waals surface area (Å²) in [4.78, 5) is 16.6. The molecule has 2 N–H and O–H groups in total. The average molecular weight is 246 g/mol. The van der Waals surface area contributed by atoms with Gasteiger partial charge in [-0.15, -0.1) is 0 Å². The highest BCUT2D eigenvalue weighted by atomic mass is 16.6. The molecule has 1 heterocycles. The molecule has 0 saturated heterocycles. The van der Waals surface area contributed by atoms with Gasteiger partial charge in [0.05, 0.1) is 10.3 Å². The van der Waals surface area contributed by atoms with Gasteiger partial charge in [0.15, 0.2) is 0 Å². The summed E-state index contributed by atoms with van der Waals surface area (Å²) in [5.74, 6) is 0. The summed E-state index contributed by atoms with van der Waals surface area (Å²) in [6.07, 6.45) is 3.20. The fourth-order valence-corrected chi connectivity index (χ4v) is 1.97. The molecule has 0 aliphatic carbocycles. The zero-order chi connectivity index (χ0) is 13.1. The maximum Gasteiger partial charge on any atom is 0.277 e. The Hall–Kier alpha value is -2.21. The predicted octanol–water partition coefficient (Wildman–Crippen LogP) is 1.54. The van der Waals surface area contributed by atoms with E-state index in [0.717, 1.165) is 11.1 Å². The van der Waals surface area contributed by atoms with Crippen molar-refractivity contribution in [3.63, 3.8) is 0 Å². The number of benzene rings is 1. The number of aromatic nitrogens is 1. The van der Waals surface area contributed by atoms with Crippen molar-refractivity contribution in [1.29, 1.82) is 0 Å². The van der Waals surface area contributed by atoms with E-state index in [0.29, 0.717) is 18.5 Å². The molecule has 2 aromatic rings. The van der Waals surface area contributed by atoms with Gasteiger partial charge in [0, 0.05) is 49.7 Å². The molecule has 0 saturated carbocycles. The highest BCUT2D eigenvalue weighted by Gasteiger charge is 2.15. The number of pyridine rings is 1. The fourth-order valence-electron chi connectivity index (χ4n) is 1.97. The maximum absolute atomic E-state index is 11.0. The van der Waals surface area contributed by atoms with E-state index in [1.165, 1.54) is 6.07 Å². The van der Waals surface area contributed by atoms with Gasteiger partial charge in [0.2, 0.25) is 0 Å². The number of nitro benzene ring substituents is 1. The molecule has 0 fully saturated rings. The second-order valence-corrected chi connectivity index (χ2v) is 3.99. The lowest BCUT2D eigenvalue weighted by molar-refractivity contribution is -0.383. The van der Waals surface area contributed by atoms with Crippen molar-refractivity contribution in [3.05, 3.63) is 40.7 Å². The van der Waals surface area contributed by atoms with Gasteiger partial charge in [-0.3, -0.25) is 15.1 Å². The Labute approximate surface area is 104 Å². The lowest BCUT2D eigenvalue weighted by Crippen LogP contribution is -2.25. The summed E-state index contributed by atoms with van der Waals surface area (Å²) in [7, 11) is 1.90. The Balaban J connectivity index is 2.64. The largest absolute Gasteiger partial charge is 0.373 e. The van der Waals surface area contributed by atoms with Crippen LogP contribution in [0.2, 0.25) is 0 Å². The first-order chi connectivity index (χ1) is 8.65. The summed E-state index contributed by atoms with van der Waals surface area (Å²) in [6.45, 7) is 1.21. The Kier molecular flexibility index (Phi) is 3.38. The van der Waals surface area contributed by atoms with Crippen LogP contribution >= 0.6 is 0 Å². The number of anilines is 1. The van der Waals surface area contributed by atoms with E-state index in [4.69, 9.17) is 5.73 Å². The zero-order valence-electron chi connectivity index (χ0n) is 10.0. The molecule has 0 radical (unpaired) electrons. The first-order valence-corrected chi connectivity index (χ1v) is 5.57. The summed E-state index contributed by atoms with van der Waals surface area (Å²) >= 11 is 0. The van der Waals surface area contributed by atoms with Gasteiger partial charge >= 0.3 is 0 Å². The van der Waals surface area contributed by atoms with Gasteiger partial charge in [-0.05, 0) is 12.1 Å². The maximum atomic E-state index is 11.0. The van der Waals surface area contributed by atoms with Crippen molar-refractivity contribution in [2.24, 2.45) is 5.73 Å². The third-order valence-corrected chi connectivity index (χ3v) is 2.84. The highest BCUT2D eigenvalue weighted by molar-refractivity contribution is 5.99. The van der Waals surface area contributed by atoms with Crippen molar-refractivity contribution >= 4 is 22.1 Å². The minimum Gasteiger partial charge on any atom is -0.373 e. The van der Waals surface area contributed by atoms with Gasteiger partial charge in [-0.2, -0.15) is 0 Å². The Morgan fingerprint density at radius 2 is 2.17 bits per heavy atom. The van der Waals surface area contributed by atoms with Crippen LogP contribution < -0.4 is 10.6 Å². The molecule has 0 atom stereocenters. The topological polar surface area (TPSA) is 85.3 Å².